The van der Waals surface area contributed by atoms with Crippen LogP contribution < -0.4 is 0 Å². The zero-order valence-corrected chi connectivity index (χ0v) is 25.6. The van der Waals surface area contributed by atoms with Crippen molar-refractivity contribution in [2.24, 2.45) is 0 Å². The molecule has 0 saturated heterocycles. The van der Waals surface area contributed by atoms with Crippen molar-refractivity contribution in [3.8, 4) is 0 Å². The summed E-state index contributed by atoms with van der Waals surface area (Å²) in [5, 5.41) is 0. The van der Waals surface area contributed by atoms with Crippen LogP contribution in [0.15, 0.2) is 0 Å². The molecule has 0 amide bonds. The van der Waals surface area contributed by atoms with E-state index >= 15 is 0 Å². The van der Waals surface area contributed by atoms with Crippen LogP contribution in [0.25, 0.3) is 0 Å². The van der Waals surface area contributed by atoms with E-state index in [2.05, 4.69) is 33.8 Å². The maximum atomic E-state index is 12.6. The fraction of sp³-hybridized carbons (Fsp3) is 1.00. The van der Waals surface area contributed by atoms with E-state index in [1.54, 1.807) is 0 Å². The summed E-state index contributed by atoms with van der Waals surface area (Å²) < 4.78 is 23.6. The van der Waals surface area contributed by atoms with Gasteiger partial charge in [0.2, 0.25) is 0 Å². The van der Waals surface area contributed by atoms with Crippen molar-refractivity contribution in [2.45, 2.75) is 148 Å². The molecule has 0 spiro atoms. The van der Waals surface area contributed by atoms with Crippen LogP contribution in [0, 0.1) is 0 Å². The molecule has 4 nitrogen and oxygen atoms in total. The predicted octanol–water partition coefficient (Wildman–Crippen LogP) is 9.97. The van der Waals surface area contributed by atoms with Crippen molar-refractivity contribution >= 4 is 15.1 Å². The molecule has 2 atom stereocenters. The van der Waals surface area contributed by atoms with Crippen LogP contribution in [0.1, 0.15) is 142 Å². The first kappa shape index (κ1) is 34.5. The van der Waals surface area contributed by atoms with E-state index in [0.717, 1.165) is 38.3 Å². The van der Waals surface area contributed by atoms with E-state index in [9.17, 15) is 9.46 Å². The van der Waals surface area contributed by atoms with Gasteiger partial charge in [-0.3, -0.25) is 0 Å². The van der Waals surface area contributed by atoms with E-state index in [1.807, 2.05) is 0 Å². The molecular weight excluding hydrogens is 462 g/mol. The van der Waals surface area contributed by atoms with Crippen LogP contribution in [0.2, 0.25) is 0 Å². The Kier molecular flexibility index (Phi) is 23.1. The summed E-state index contributed by atoms with van der Waals surface area (Å²) >= 11 is 0. The molecule has 0 aliphatic heterocycles. The SMILES string of the molecule is CCCCCCCCCCCCC(CCCCCCCCC)OP(=O)(O)OCCC[PH](C)(C)C. The van der Waals surface area contributed by atoms with Gasteiger partial charge in [0.1, 0.15) is 0 Å². The molecule has 0 heterocycles. The summed E-state index contributed by atoms with van der Waals surface area (Å²) in [6, 6.07) is 0. The van der Waals surface area contributed by atoms with E-state index in [4.69, 9.17) is 9.05 Å². The summed E-state index contributed by atoms with van der Waals surface area (Å²) in [6.45, 7) is 11.8. The van der Waals surface area contributed by atoms with E-state index in [1.165, 1.54) is 96.3 Å². The molecule has 0 fully saturated rings. The zero-order chi connectivity index (χ0) is 25.5. The molecule has 0 radical (unpaired) electrons. The fourth-order valence-corrected chi connectivity index (χ4v) is 6.65. The third kappa shape index (κ3) is 25.6. The molecule has 0 aromatic heterocycles. The van der Waals surface area contributed by atoms with Crippen molar-refractivity contribution in [2.75, 3.05) is 32.8 Å². The fourth-order valence-electron chi connectivity index (χ4n) is 4.44. The first-order chi connectivity index (χ1) is 16.2. The van der Waals surface area contributed by atoms with Crippen LogP contribution in [-0.4, -0.2) is 43.8 Å². The third-order valence-corrected chi connectivity index (χ3v) is 9.54. The van der Waals surface area contributed by atoms with Gasteiger partial charge in [-0.2, -0.15) is 0 Å². The Labute approximate surface area is 214 Å². The summed E-state index contributed by atoms with van der Waals surface area (Å²) in [5.41, 5.74) is 0. The molecule has 0 saturated carbocycles. The Bertz CT molecular complexity index is 480. The van der Waals surface area contributed by atoms with Crippen LogP contribution in [0.3, 0.4) is 0 Å². The molecule has 208 valence electrons. The number of rotatable bonds is 26. The van der Waals surface area contributed by atoms with Gasteiger partial charge >= 0.3 is 143 Å². The average Bonchev–Trinajstić information content (AvgIpc) is 2.76. The van der Waals surface area contributed by atoms with Gasteiger partial charge in [-0.05, 0) is 0 Å². The van der Waals surface area contributed by atoms with Gasteiger partial charge in [0.05, 0.1) is 0 Å². The zero-order valence-electron chi connectivity index (χ0n) is 23.8. The first-order valence-corrected chi connectivity index (χ1v) is 20.1. The Morgan fingerprint density at radius 2 is 1.03 bits per heavy atom. The van der Waals surface area contributed by atoms with Gasteiger partial charge < -0.3 is 0 Å². The molecule has 2 unspecified atom stereocenters. The third-order valence-electron chi connectivity index (χ3n) is 6.62. The number of phosphoric acid groups is 1. The van der Waals surface area contributed by atoms with Crippen LogP contribution in [-0.2, 0) is 13.6 Å². The summed E-state index contributed by atoms with van der Waals surface area (Å²) in [5.74, 6) is 0. The standard InChI is InChI=1S/C28H62O4P2/c1-6-8-10-12-14-15-16-18-20-22-25-28(24-21-19-17-13-11-9-7-2)32-34(29,30)31-26-23-27-33(3,4)5/h28,33H,6-27H2,1-5H3,(H,29,30). The minimum absolute atomic E-state index is 0.155. The molecule has 1 N–H and O–H groups in total. The van der Waals surface area contributed by atoms with Crippen LogP contribution in [0.5, 0.6) is 0 Å². The van der Waals surface area contributed by atoms with Gasteiger partial charge in [0.25, 0.3) is 0 Å². The quantitative estimate of drug-likeness (QED) is 0.0903. The van der Waals surface area contributed by atoms with Crippen LogP contribution >= 0.6 is 15.1 Å². The minimum atomic E-state index is -3.97. The second kappa shape index (κ2) is 22.7. The van der Waals surface area contributed by atoms with E-state index in [0.29, 0.717) is 6.61 Å². The molecule has 34 heavy (non-hydrogen) atoms. The average molecular weight is 525 g/mol. The molecule has 0 aliphatic rings. The van der Waals surface area contributed by atoms with Crippen molar-refractivity contribution in [3.05, 3.63) is 0 Å². The second-order valence-electron chi connectivity index (χ2n) is 11.6. The monoisotopic (exact) mass is 524 g/mol. The molecule has 0 rings (SSSR count). The summed E-state index contributed by atoms with van der Waals surface area (Å²) in [6.07, 6.45) is 25.3. The van der Waals surface area contributed by atoms with Crippen molar-refractivity contribution in [1.82, 2.24) is 0 Å². The van der Waals surface area contributed by atoms with Crippen molar-refractivity contribution in [1.29, 1.82) is 0 Å². The van der Waals surface area contributed by atoms with Crippen molar-refractivity contribution in [3.63, 3.8) is 0 Å². The van der Waals surface area contributed by atoms with Gasteiger partial charge in [0.15, 0.2) is 0 Å². The Morgan fingerprint density at radius 3 is 1.41 bits per heavy atom. The van der Waals surface area contributed by atoms with E-state index < -0.39 is 15.1 Å². The summed E-state index contributed by atoms with van der Waals surface area (Å²) in [7, 11) is -5.12. The number of unbranched alkanes of at least 4 members (excludes halogenated alkanes) is 15. The van der Waals surface area contributed by atoms with Crippen molar-refractivity contribution < 1.29 is 18.5 Å². The predicted molar refractivity (Wildman–Crippen MR) is 155 cm³/mol. The Balaban J connectivity index is 4.25. The normalized spacial score (nSPS) is 15.4. The molecule has 0 bridgehead atoms. The molecular formula is C28H62O4P2. The Morgan fingerprint density at radius 1 is 0.647 bits per heavy atom. The molecule has 0 aromatic rings. The Hall–Kier alpha value is 0.540. The number of hydrogen-bond acceptors (Lipinski definition) is 3. The van der Waals surface area contributed by atoms with Gasteiger partial charge in [-0.1, -0.05) is 71.6 Å². The number of hydrogen-bond donors (Lipinski definition) is 1. The molecule has 6 heteroatoms. The second-order valence-corrected chi connectivity index (χ2v) is 18.6. The number of phosphoric ester groups is 1. The van der Waals surface area contributed by atoms with Gasteiger partial charge in [-0.15, -0.1) is 0 Å². The van der Waals surface area contributed by atoms with E-state index in [-0.39, 0.29) is 6.10 Å². The molecule has 0 aliphatic carbocycles. The molecule has 0 aromatic carbocycles. The van der Waals surface area contributed by atoms with Crippen LogP contribution in [0.4, 0.5) is 0 Å². The first-order valence-electron chi connectivity index (χ1n) is 14.9. The van der Waals surface area contributed by atoms with Gasteiger partial charge in [-0.25, -0.2) is 0 Å². The topological polar surface area (TPSA) is 55.8 Å². The maximum absolute atomic E-state index is 12.6. The van der Waals surface area contributed by atoms with Gasteiger partial charge in [0, 0.05) is 0 Å². The summed E-state index contributed by atoms with van der Waals surface area (Å²) in [4.78, 5) is 10.3.